The van der Waals surface area contributed by atoms with Crippen LogP contribution in [0.1, 0.15) is 0 Å². The predicted molar refractivity (Wildman–Crippen MR) is 242 cm³/mol. The molecule has 0 atom stereocenters. The minimum absolute atomic E-state index is 0.151. The van der Waals surface area contributed by atoms with Gasteiger partial charge in [0, 0.05) is 5.39 Å². The average molecular weight is 740 g/mol. The lowest BCUT2D eigenvalue weighted by molar-refractivity contribution is 0.932. The molecule has 0 aliphatic rings. The Morgan fingerprint density at radius 2 is 0.776 bits per heavy atom. The second-order valence-corrected chi connectivity index (χ2v) is 15.0. The van der Waals surface area contributed by atoms with Gasteiger partial charge in [-0.15, -0.1) is 0 Å². The fraction of sp³-hybridized carbons (Fsp3) is 0. The second kappa shape index (κ2) is 12.6. The molecule has 0 unspecified atom stereocenters. The molecule has 10 aromatic carbocycles. The van der Waals surface area contributed by atoms with Crippen molar-refractivity contribution in [2.24, 2.45) is 0 Å². The van der Waals surface area contributed by atoms with Crippen molar-refractivity contribution in [3.8, 4) is 39.1 Å². The van der Waals surface area contributed by atoms with Crippen molar-refractivity contribution >= 4 is 70.7 Å². The van der Waals surface area contributed by atoms with Crippen LogP contribution >= 0.6 is 0 Å². The minimum atomic E-state index is -0.151. The number of hydrogen-bond acceptors (Lipinski definition) is 2. The highest BCUT2D eigenvalue weighted by Gasteiger charge is 2.23. The van der Waals surface area contributed by atoms with Crippen LogP contribution in [0.2, 0.25) is 0 Å². The van der Waals surface area contributed by atoms with E-state index in [4.69, 9.17) is 4.98 Å². The van der Waals surface area contributed by atoms with Crippen LogP contribution in [0, 0.1) is 0 Å². The Bertz CT molecular complexity index is 3580. The Hall–Kier alpha value is -7.82. The third-order valence-electron chi connectivity index (χ3n) is 11.9. The van der Waals surface area contributed by atoms with Crippen LogP contribution in [-0.2, 0) is 0 Å². The van der Waals surface area contributed by atoms with E-state index in [-0.39, 0.29) is 5.69 Å². The molecule has 2 heterocycles. The molecule has 0 aliphatic carbocycles. The van der Waals surface area contributed by atoms with Crippen molar-refractivity contribution in [2.45, 2.75) is 0 Å². The molecule has 0 saturated carbocycles. The van der Waals surface area contributed by atoms with Crippen molar-refractivity contribution in [1.29, 1.82) is 0 Å². The first-order valence-electron chi connectivity index (χ1n) is 19.7. The zero-order valence-corrected chi connectivity index (χ0v) is 31.3. The Labute approximate surface area is 333 Å². The molecule has 0 bridgehead atoms. The van der Waals surface area contributed by atoms with Crippen molar-refractivity contribution in [3.05, 3.63) is 211 Å². The van der Waals surface area contributed by atoms with Crippen molar-refractivity contribution in [2.75, 3.05) is 0 Å². The van der Waals surface area contributed by atoms with Crippen molar-refractivity contribution in [1.82, 2.24) is 14.0 Å². The third-order valence-corrected chi connectivity index (χ3v) is 11.9. The molecular formula is C54H33N3O. The first-order chi connectivity index (χ1) is 28.7. The normalized spacial score (nSPS) is 11.9. The molecule has 4 heteroatoms. The molecule has 0 fully saturated rings. The highest BCUT2D eigenvalue weighted by atomic mass is 16.1. The largest absolute Gasteiger partial charge is 0.339 e. The van der Waals surface area contributed by atoms with Gasteiger partial charge < -0.3 is 0 Å². The lowest BCUT2D eigenvalue weighted by Crippen LogP contribution is -2.25. The van der Waals surface area contributed by atoms with E-state index in [1.54, 1.807) is 4.40 Å². The summed E-state index contributed by atoms with van der Waals surface area (Å²) >= 11 is 0. The maximum absolute atomic E-state index is 14.7. The first-order valence-corrected chi connectivity index (χ1v) is 19.7. The number of nitrogens with zero attached hydrogens (tertiary/aromatic N) is 3. The number of hydrogen-bond donors (Lipinski definition) is 0. The zero-order valence-electron chi connectivity index (χ0n) is 31.3. The molecule has 0 radical (unpaired) electrons. The van der Waals surface area contributed by atoms with E-state index < -0.39 is 0 Å². The molecular weight excluding hydrogens is 707 g/mol. The van der Waals surface area contributed by atoms with Gasteiger partial charge in [0.1, 0.15) is 0 Å². The van der Waals surface area contributed by atoms with E-state index in [9.17, 15) is 4.79 Å². The molecule has 2 aromatic heterocycles. The summed E-state index contributed by atoms with van der Waals surface area (Å²) in [5.74, 6) is 0. The van der Waals surface area contributed by atoms with E-state index in [0.717, 1.165) is 49.5 Å². The fourth-order valence-electron chi connectivity index (χ4n) is 9.51. The van der Waals surface area contributed by atoms with Crippen LogP contribution in [0.5, 0.6) is 0 Å². The number of rotatable bonds is 4. The van der Waals surface area contributed by atoms with Crippen LogP contribution in [0.25, 0.3) is 110 Å². The highest BCUT2D eigenvalue weighted by Crippen LogP contribution is 2.50. The van der Waals surface area contributed by atoms with E-state index in [0.29, 0.717) is 5.65 Å². The van der Waals surface area contributed by atoms with E-state index >= 15 is 0 Å². The molecule has 4 nitrogen and oxygen atoms in total. The third kappa shape index (κ3) is 4.63. The van der Waals surface area contributed by atoms with E-state index in [1.165, 1.54) is 54.6 Å². The molecule has 0 aliphatic heterocycles. The molecule has 58 heavy (non-hydrogen) atoms. The number of para-hydroxylation sites is 3. The molecule has 0 amide bonds. The summed E-state index contributed by atoms with van der Waals surface area (Å²) in [5, 5.41) is 10.5. The summed E-state index contributed by atoms with van der Waals surface area (Å²) in [6.45, 7) is 0. The predicted octanol–water partition coefficient (Wildman–Crippen LogP) is 13.4. The molecule has 12 rings (SSSR count). The maximum Gasteiger partial charge on any atom is 0.339 e. The van der Waals surface area contributed by atoms with Gasteiger partial charge >= 0.3 is 5.69 Å². The number of aromatic nitrogens is 3. The van der Waals surface area contributed by atoms with E-state index in [1.807, 2.05) is 59.2 Å². The summed E-state index contributed by atoms with van der Waals surface area (Å²) in [4.78, 5) is 19.7. The molecule has 0 N–H and O–H groups in total. The molecule has 0 spiro atoms. The highest BCUT2D eigenvalue weighted by molar-refractivity contribution is 6.30. The van der Waals surface area contributed by atoms with Gasteiger partial charge in [-0.05, 0) is 113 Å². The number of benzene rings is 10. The van der Waals surface area contributed by atoms with Crippen molar-refractivity contribution < 1.29 is 0 Å². The smallest absolute Gasteiger partial charge is 0.262 e. The number of fused-ring (bicyclic) bond motifs is 9. The Balaban J connectivity index is 1.21. The Morgan fingerprint density at radius 1 is 0.345 bits per heavy atom. The maximum atomic E-state index is 14.7. The van der Waals surface area contributed by atoms with Crippen LogP contribution in [-0.4, -0.2) is 14.0 Å². The quantitative estimate of drug-likeness (QED) is 0.169. The monoisotopic (exact) mass is 739 g/mol. The fourth-order valence-corrected chi connectivity index (χ4v) is 9.51. The topological polar surface area (TPSA) is 39.3 Å². The van der Waals surface area contributed by atoms with Crippen LogP contribution in [0.4, 0.5) is 0 Å². The van der Waals surface area contributed by atoms with Gasteiger partial charge in [-0.3, -0.25) is 4.57 Å². The summed E-state index contributed by atoms with van der Waals surface area (Å²) in [6, 6.07) is 70.5. The van der Waals surface area contributed by atoms with Crippen LogP contribution in [0.3, 0.4) is 0 Å². The Kier molecular flexibility index (Phi) is 7.05. The minimum Gasteiger partial charge on any atom is -0.262 e. The van der Waals surface area contributed by atoms with Gasteiger partial charge in [-0.1, -0.05) is 164 Å². The van der Waals surface area contributed by atoms with Gasteiger partial charge in [-0.2, -0.15) is 0 Å². The zero-order chi connectivity index (χ0) is 38.3. The van der Waals surface area contributed by atoms with Gasteiger partial charge in [0.2, 0.25) is 0 Å². The van der Waals surface area contributed by atoms with Gasteiger partial charge in [0.05, 0.1) is 22.2 Å². The summed E-state index contributed by atoms with van der Waals surface area (Å²) < 4.78 is 3.59. The second-order valence-electron chi connectivity index (χ2n) is 15.0. The lowest BCUT2D eigenvalue weighted by atomic mass is 9.81. The molecule has 270 valence electrons. The van der Waals surface area contributed by atoms with Crippen LogP contribution < -0.4 is 5.69 Å². The van der Waals surface area contributed by atoms with Crippen LogP contribution in [0.15, 0.2) is 205 Å². The average Bonchev–Trinajstić information content (AvgIpc) is 3.68. The van der Waals surface area contributed by atoms with Crippen molar-refractivity contribution in [3.63, 3.8) is 0 Å². The first kappa shape index (κ1) is 32.4. The molecule has 12 aromatic rings. The standard InChI is InChI=1S/C54H33N3O/c58-54-56(36-19-5-2-6-20-36)48-33-35(31-32-45(48)53-55-46-29-15-16-30-47(46)57(53)54)50-39-23-9-13-27-43(39)52(44-28-14-10-24-40(44)50)51-41-25-11-7-21-37(41)49(34-17-3-1-4-18-34)38-22-8-12-26-42(38)51/h1-33H. The lowest BCUT2D eigenvalue weighted by Gasteiger charge is -2.22. The molecule has 0 saturated heterocycles. The summed E-state index contributed by atoms with van der Waals surface area (Å²) in [7, 11) is 0. The van der Waals surface area contributed by atoms with Gasteiger partial charge in [0.15, 0.2) is 5.65 Å². The van der Waals surface area contributed by atoms with Gasteiger partial charge in [-0.25, -0.2) is 14.2 Å². The van der Waals surface area contributed by atoms with Gasteiger partial charge in [0.25, 0.3) is 0 Å². The Morgan fingerprint density at radius 3 is 1.31 bits per heavy atom. The summed E-state index contributed by atoms with van der Waals surface area (Å²) in [6.07, 6.45) is 0. The van der Waals surface area contributed by atoms with E-state index in [2.05, 4.69) is 146 Å². The SMILES string of the molecule is O=c1n(-c2ccccc2)c2cc(-c3c4ccccc4c(-c4c5ccccc5c(-c5ccccc5)c5ccccc45)c4ccccc34)ccc2c2nc3ccccc3n12. The summed E-state index contributed by atoms with van der Waals surface area (Å²) in [5.41, 5.74) is 10.8. The number of imidazole rings is 1.